The number of fused-ring (bicyclic) bond motifs is 1. The minimum Gasteiger partial charge on any atom is -0.307 e. The molecular weight excluding hydrogens is 322 g/mol. The molecule has 0 aliphatic rings. The first-order chi connectivity index (χ1) is 10.4. The zero-order valence-electron chi connectivity index (χ0n) is 11.9. The van der Waals surface area contributed by atoms with Crippen molar-refractivity contribution in [2.45, 2.75) is 11.3 Å². The van der Waals surface area contributed by atoms with E-state index >= 15 is 0 Å². The molecule has 2 N–H and O–H groups in total. The van der Waals surface area contributed by atoms with Crippen LogP contribution >= 0.6 is 11.3 Å². The average Bonchev–Trinajstić information content (AvgIpc) is 2.83. The van der Waals surface area contributed by atoms with Crippen LogP contribution in [-0.2, 0) is 14.6 Å². The molecule has 1 amide bonds. The van der Waals surface area contributed by atoms with Gasteiger partial charge in [0.25, 0.3) is 0 Å². The van der Waals surface area contributed by atoms with Crippen LogP contribution < -0.4 is 10.6 Å². The average molecular weight is 337 g/mol. The molecule has 1 aromatic heterocycles. The molecule has 1 aromatic carbocycles. The van der Waals surface area contributed by atoms with Crippen LogP contribution in [0.5, 0.6) is 0 Å². The van der Waals surface area contributed by atoms with Gasteiger partial charge in [-0.2, -0.15) is 0 Å². The maximum Gasteiger partial charge on any atom is 0.240 e. The molecule has 0 fully saturated rings. The lowest BCUT2D eigenvalue weighted by Gasteiger charge is -2.01. The van der Waals surface area contributed by atoms with E-state index in [1.807, 2.05) is 0 Å². The zero-order chi connectivity index (χ0) is 16.2. The van der Waals surface area contributed by atoms with Crippen molar-refractivity contribution in [1.29, 1.82) is 0 Å². The Labute approximate surface area is 132 Å². The second-order valence-corrected chi connectivity index (χ2v) is 7.65. The van der Waals surface area contributed by atoms with E-state index in [1.165, 1.54) is 17.4 Å². The number of nitrogens with zero attached hydrogens (tertiary/aromatic N) is 1. The third-order valence-corrected chi connectivity index (χ3v) is 4.81. The number of nitrogens with one attached hydrogen (secondary N) is 2. The Bertz CT molecular complexity index is 835. The maximum absolute atomic E-state index is 11.7. The standard InChI is InChI=1S/C14H15N3O3S2/c1-3-4-7-15-9-13(18)17-14-16-11-6-5-10(22(2,19)20)8-12(11)21-14/h1,5-6,8,15H,4,7,9H2,2H3,(H,16,17,18). The second kappa shape index (κ2) is 6.87. The molecule has 0 unspecified atom stereocenters. The third kappa shape index (κ3) is 4.27. The van der Waals surface area contributed by atoms with E-state index in [1.54, 1.807) is 12.1 Å². The van der Waals surface area contributed by atoms with Gasteiger partial charge in [0.1, 0.15) is 0 Å². The van der Waals surface area contributed by atoms with Crippen LogP contribution in [0.25, 0.3) is 10.2 Å². The summed E-state index contributed by atoms with van der Waals surface area (Å²) < 4.78 is 23.8. The molecule has 8 heteroatoms. The van der Waals surface area contributed by atoms with E-state index in [2.05, 4.69) is 21.5 Å². The fourth-order valence-electron chi connectivity index (χ4n) is 1.71. The topological polar surface area (TPSA) is 88.2 Å². The fraction of sp³-hybridized carbons (Fsp3) is 0.286. The summed E-state index contributed by atoms with van der Waals surface area (Å²) in [6.45, 7) is 0.716. The number of carbonyl (C=O) groups is 1. The molecule has 0 atom stereocenters. The predicted octanol–water partition coefficient (Wildman–Crippen LogP) is 1.25. The van der Waals surface area contributed by atoms with Gasteiger partial charge in [-0.05, 0) is 18.2 Å². The lowest BCUT2D eigenvalue weighted by Crippen LogP contribution is -2.28. The highest BCUT2D eigenvalue weighted by Crippen LogP contribution is 2.28. The highest BCUT2D eigenvalue weighted by Gasteiger charge is 2.12. The number of amides is 1. The van der Waals surface area contributed by atoms with Crippen molar-refractivity contribution < 1.29 is 13.2 Å². The van der Waals surface area contributed by atoms with E-state index in [0.717, 1.165) is 6.26 Å². The number of hydrogen-bond donors (Lipinski definition) is 2. The number of carbonyl (C=O) groups excluding carboxylic acids is 1. The first-order valence-corrected chi connectivity index (χ1v) is 9.15. The molecule has 0 radical (unpaired) electrons. The molecule has 0 bridgehead atoms. The Balaban J connectivity index is 2.07. The number of benzene rings is 1. The summed E-state index contributed by atoms with van der Waals surface area (Å²) in [5.41, 5.74) is 0.646. The minimum absolute atomic E-state index is 0.145. The van der Waals surface area contributed by atoms with Crippen molar-refractivity contribution in [3.05, 3.63) is 18.2 Å². The normalized spacial score (nSPS) is 11.3. The Morgan fingerprint density at radius 3 is 2.91 bits per heavy atom. The maximum atomic E-state index is 11.7. The molecule has 116 valence electrons. The molecule has 0 spiro atoms. The number of sulfone groups is 1. The molecule has 0 saturated carbocycles. The predicted molar refractivity (Wildman–Crippen MR) is 87.7 cm³/mol. The SMILES string of the molecule is C#CCCNCC(=O)Nc1nc2ccc(S(C)(=O)=O)cc2s1. The first kappa shape index (κ1) is 16.4. The summed E-state index contributed by atoms with van der Waals surface area (Å²) in [6, 6.07) is 4.69. The van der Waals surface area contributed by atoms with E-state index in [-0.39, 0.29) is 17.3 Å². The van der Waals surface area contributed by atoms with E-state index < -0.39 is 9.84 Å². The summed E-state index contributed by atoms with van der Waals surface area (Å²) in [6.07, 6.45) is 6.82. The Morgan fingerprint density at radius 2 is 2.23 bits per heavy atom. The van der Waals surface area contributed by atoms with Crippen LogP contribution in [0.3, 0.4) is 0 Å². The van der Waals surface area contributed by atoms with Crippen LogP contribution in [0.4, 0.5) is 5.13 Å². The number of aromatic nitrogens is 1. The van der Waals surface area contributed by atoms with E-state index in [0.29, 0.717) is 28.3 Å². The Hall–Kier alpha value is -1.95. The number of thiazole rings is 1. The van der Waals surface area contributed by atoms with Crippen molar-refractivity contribution in [2.24, 2.45) is 0 Å². The number of terminal acetylenes is 1. The lowest BCUT2D eigenvalue weighted by molar-refractivity contribution is -0.115. The van der Waals surface area contributed by atoms with Gasteiger partial charge in [0.2, 0.25) is 5.91 Å². The molecule has 0 saturated heterocycles. The van der Waals surface area contributed by atoms with Crippen LogP contribution in [-0.4, -0.2) is 38.7 Å². The quantitative estimate of drug-likeness (QED) is 0.612. The highest BCUT2D eigenvalue weighted by atomic mass is 32.2. The summed E-state index contributed by atoms with van der Waals surface area (Å²) >= 11 is 1.23. The van der Waals surface area contributed by atoms with Crippen LogP contribution in [0, 0.1) is 12.3 Å². The highest BCUT2D eigenvalue weighted by molar-refractivity contribution is 7.90. The number of hydrogen-bond acceptors (Lipinski definition) is 6. The van der Waals surface area contributed by atoms with Gasteiger partial charge in [-0.3, -0.25) is 4.79 Å². The van der Waals surface area contributed by atoms with Crippen LogP contribution in [0.2, 0.25) is 0 Å². The van der Waals surface area contributed by atoms with Gasteiger partial charge in [-0.1, -0.05) is 11.3 Å². The van der Waals surface area contributed by atoms with E-state index in [9.17, 15) is 13.2 Å². The van der Waals surface area contributed by atoms with Gasteiger partial charge in [-0.25, -0.2) is 13.4 Å². The molecule has 2 aromatic rings. The summed E-state index contributed by atoms with van der Waals surface area (Å²) in [4.78, 5) is 16.2. The lowest BCUT2D eigenvalue weighted by atomic mass is 10.3. The molecular formula is C14H15N3O3S2. The molecule has 0 aliphatic heterocycles. The molecule has 2 rings (SSSR count). The Kier molecular flexibility index (Phi) is 5.13. The van der Waals surface area contributed by atoms with Gasteiger partial charge in [0.15, 0.2) is 15.0 Å². The molecule has 22 heavy (non-hydrogen) atoms. The Morgan fingerprint density at radius 1 is 1.45 bits per heavy atom. The second-order valence-electron chi connectivity index (χ2n) is 4.60. The smallest absolute Gasteiger partial charge is 0.240 e. The van der Waals surface area contributed by atoms with Gasteiger partial charge in [0.05, 0.1) is 21.7 Å². The van der Waals surface area contributed by atoms with E-state index in [4.69, 9.17) is 6.42 Å². The van der Waals surface area contributed by atoms with Gasteiger partial charge in [-0.15, -0.1) is 12.3 Å². The summed E-state index contributed by atoms with van der Waals surface area (Å²) in [5, 5.41) is 6.02. The van der Waals surface area contributed by atoms with Crippen molar-refractivity contribution in [1.82, 2.24) is 10.3 Å². The third-order valence-electron chi connectivity index (χ3n) is 2.77. The summed E-state index contributed by atoms with van der Waals surface area (Å²) in [5.74, 6) is 2.25. The van der Waals surface area contributed by atoms with Crippen molar-refractivity contribution >= 4 is 42.4 Å². The van der Waals surface area contributed by atoms with Crippen LogP contribution in [0.15, 0.2) is 23.1 Å². The molecule has 0 aliphatic carbocycles. The van der Waals surface area contributed by atoms with Gasteiger partial charge < -0.3 is 10.6 Å². The minimum atomic E-state index is -3.26. The summed E-state index contributed by atoms with van der Waals surface area (Å²) in [7, 11) is -3.26. The van der Waals surface area contributed by atoms with Crippen molar-refractivity contribution in [2.75, 3.05) is 24.7 Å². The van der Waals surface area contributed by atoms with Gasteiger partial charge in [0, 0.05) is 19.2 Å². The first-order valence-electron chi connectivity index (χ1n) is 6.45. The molecule has 6 nitrogen and oxygen atoms in total. The zero-order valence-corrected chi connectivity index (χ0v) is 13.6. The van der Waals surface area contributed by atoms with Gasteiger partial charge >= 0.3 is 0 Å². The monoisotopic (exact) mass is 337 g/mol. The van der Waals surface area contributed by atoms with Crippen molar-refractivity contribution in [3.8, 4) is 12.3 Å². The fourth-order valence-corrected chi connectivity index (χ4v) is 3.36. The largest absolute Gasteiger partial charge is 0.307 e. The number of anilines is 1. The van der Waals surface area contributed by atoms with Crippen molar-refractivity contribution in [3.63, 3.8) is 0 Å². The molecule has 1 heterocycles. The van der Waals surface area contributed by atoms with Crippen LogP contribution in [0.1, 0.15) is 6.42 Å². The number of rotatable bonds is 6.